The van der Waals surface area contributed by atoms with Crippen molar-refractivity contribution in [2.24, 2.45) is 0 Å². The Bertz CT molecular complexity index is 1160. The van der Waals surface area contributed by atoms with Crippen LogP contribution < -0.4 is 4.74 Å². The molecule has 0 saturated heterocycles. The van der Waals surface area contributed by atoms with Crippen molar-refractivity contribution in [1.29, 1.82) is 0 Å². The average molecular weight is 442 g/mol. The van der Waals surface area contributed by atoms with Crippen LogP contribution in [0.25, 0.3) is 0 Å². The van der Waals surface area contributed by atoms with Crippen LogP contribution in [-0.4, -0.2) is 32.5 Å². The topological polar surface area (TPSA) is 75.6 Å². The lowest BCUT2D eigenvalue weighted by Gasteiger charge is -2.27. The van der Waals surface area contributed by atoms with E-state index in [0.29, 0.717) is 6.61 Å². The number of aromatic nitrogens is 2. The van der Waals surface area contributed by atoms with Gasteiger partial charge in [-0.1, -0.05) is 42.3 Å². The van der Waals surface area contributed by atoms with Gasteiger partial charge in [-0.3, -0.25) is 9.69 Å². The van der Waals surface area contributed by atoms with Gasteiger partial charge in [0.15, 0.2) is 0 Å². The summed E-state index contributed by atoms with van der Waals surface area (Å²) in [6, 6.07) is 16.0. The molecule has 6 heteroatoms. The molecule has 1 aromatic heterocycles. The highest BCUT2D eigenvalue weighted by Gasteiger charge is 2.17. The molecule has 1 N–H and O–H groups in total. The molecule has 33 heavy (non-hydrogen) atoms. The van der Waals surface area contributed by atoms with Crippen LogP contribution in [0.3, 0.4) is 0 Å². The van der Waals surface area contributed by atoms with Crippen molar-refractivity contribution in [1.82, 2.24) is 14.9 Å². The number of fused-ring (bicyclic) bond motifs is 1. The maximum Gasteiger partial charge on any atom is 0.304 e. The van der Waals surface area contributed by atoms with Crippen molar-refractivity contribution in [3.8, 4) is 17.6 Å². The minimum Gasteiger partial charge on any atom is -0.489 e. The molecule has 3 aromatic rings. The minimum atomic E-state index is -0.856. The molecule has 2 heterocycles. The molecule has 0 amide bonds. The number of hydrogen-bond donors (Lipinski definition) is 1. The van der Waals surface area contributed by atoms with Crippen molar-refractivity contribution < 1.29 is 14.6 Å². The fourth-order valence-corrected chi connectivity index (χ4v) is 4.10. The van der Waals surface area contributed by atoms with Crippen LogP contribution in [0.1, 0.15) is 47.2 Å². The summed E-state index contributed by atoms with van der Waals surface area (Å²) < 4.78 is 5.98. The van der Waals surface area contributed by atoms with Gasteiger partial charge in [-0.2, -0.15) is 0 Å². The van der Waals surface area contributed by atoms with E-state index < -0.39 is 5.97 Å². The first-order valence-electron chi connectivity index (χ1n) is 11.1. The van der Waals surface area contributed by atoms with E-state index in [1.54, 1.807) is 13.3 Å². The van der Waals surface area contributed by atoms with Gasteiger partial charge in [0, 0.05) is 43.5 Å². The summed E-state index contributed by atoms with van der Waals surface area (Å²) in [5.41, 5.74) is 5.61. The zero-order chi connectivity index (χ0) is 23.0. The van der Waals surface area contributed by atoms with Gasteiger partial charge in [0.05, 0.1) is 12.3 Å². The first-order chi connectivity index (χ1) is 16.1. The summed E-state index contributed by atoms with van der Waals surface area (Å²) in [6.07, 6.45) is 4.49. The van der Waals surface area contributed by atoms with Gasteiger partial charge in [-0.15, -0.1) is 5.92 Å². The van der Waals surface area contributed by atoms with E-state index in [9.17, 15) is 4.79 Å². The minimum absolute atomic E-state index is 0.0105. The molecular formula is C27H27N3O3. The van der Waals surface area contributed by atoms with Crippen LogP contribution in [0, 0.1) is 11.8 Å². The zero-order valence-electron chi connectivity index (χ0n) is 18.7. The normalized spacial score (nSPS) is 14.0. The van der Waals surface area contributed by atoms with Crippen LogP contribution >= 0.6 is 0 Å². The Labute approximate surface area is 194 Å². The Morgan fingerprint density at radius 3 is 2.82 bits per heavy atom. The van der Waals surface area contributed by atoms with E-state index in [-0.39, 0.29) is 12.3 Å². The number of nitrogens with zero attached hydrogens (tertiary/aromatic N) is 3. The standard InChI is InChI=1S/C27H27N3O3/c1-2-4-23(14-27(31)32)22-7-9-25(10-8-22)33-18-21-6-3-5-20(13-21)16-30-12-11-26-24(17-30)15-28-19-29-26/h3,5-10,13,15,19,23H,11-12,14,16-18H2,1H3,(H,31,32). The first kappa shape index (κ1) is 22.5. The van der Waals surface area contributed by atoms with E-state index in [4.69, 9.17) is 9.84 Å². The lowest BCUT2D eigenvalue weighted by molar-refractivity contribution is -0.137. The number of benzene rings is 2. The van der Waals surface area contributed by atoms with Gasteiger partial charge in [-0.25, -0.2) is 9.97 Å². The second-order valence-corrected chi connectivity index (χ2v) is 8.18. The summed E-state index contributed by atoms with van der Waals surface area (Å²) in [7, 11) is 0. The predicted octanol–water partition coefficient (Wildman–Crippen LogP) is 4.20. The fourth-order valence-electron chi connectivity index (χ4n) is 4.10. The smallest absolute Gasteiger partial charge is 0.304 e. The third-order valence-electron chi connectivity index (χ3n) is 5.72. The molecule has 0 spiro atoms. The summed E-state index contributed by atoms with van der Waals surface area (Å²) in [5, 5.41) is 9.11. The number of carbonyl (C=O) groups is 1. The molecule has 0 radical (unpaired) electrons. The third-order valence-corrected chi connectivity index (χ3v) is 5.72. The van der Waals surface area contributed by atoms with Crippen LogP contribution in [-0.2, 0) is 30.9 Å². The van der Waals surface area contributed by atoms with Crippen LogP contribution in [0.2, 0.25) is 0 Å². The molecule has 1 unspecified atom stereocenters. The molecule has 0 aliphatic carbocycles. The van der Waals surface area contributed by atoms with Crippen LogP contribution in [0.15, 0.2) is 61.1 Å². The number of hydrogen-bond acceptors (Lipinski definition) is 5. The van der Waals surface area contributed by atoms with Crippen LogP contribution in [0.5, 0.6) is 5.75 Å². The number of carboxylic acids is 1. The first-order valence-corrected chi connectivity index (χ1v) is 11.1. The molecule has 0 bridgehead atoms. The van der Waals surface area contributed by atoms with Gasteiger partial charge in [-0.05, 0) is 35.7 Å². The van der Waals surface area contributed by atoms with Crippen molar-refractivity contribution in [2.45, 2.75) is 45.4 Å². The van der Waals surface area contributed by atoms with E-state index in [1.165, 1.54) is 11.1 Å². The maximum atomic E-state index is 11.1. The molecule has 0 saturated carbocycles. The average Bonchev–Trinajstić information content (AvgIpc) is 2.83. The molecule has 1 aliphatic rings. The Kier molecular flexibility index (Phi) is 7.33. The number of aliphatic carboxylic acids is 1. The van der Waals surface area contributed by atoms with E-state index in [1.807, 2.05) is 30.5 Å². The number of ether oxygens (including phenoxy) is 1. The van der Waals surface area contributed by atoms with Crippen molar-refractivity contribution >= 4 is 5.97 Å². The predicted molar refractivity (Wildman–Crippen MR) is 126 cm³/mol. The Hall–Kier alpha value is -3.69. The highest BCUT2D eigenvalue weighted by atomic mass is 16.5. The number of rotatable bonds is 8. The van der Waals surface area contributed by atoms with E-state index in [2.05, 4.69) is 51.0 Å². The largest absolute Gasteiger partial charge is 0.489 e. The molecular weight excluding hydrogens is 414 g/mol. The lowest BCUT2D eigenvalue weighted by atomic mass is 9.96. The second-order valence-electron chi connectivity index (χ2n) is 8.18. The van der Waals surface area contributed by atoms with E-state index in [0.717, 1.165) is 48.6 Å². The summed E-state index contributed by atoms with van der Waals surface area (Å²) in [5.74, 6) is 5.36. The van der Waals surface area contributed by atoms with Crippen LogP contribution in [0.4, 0.5) is 0 Å². The van der Waals surface area contributed by atoms with Gasteiger partial charge in [0.2, 0.25) is 0 Å². The molecule has 1 atom stereocenters. The number of carboxylic acid groups (broad SMARTS) is 1. The van der Waals surface area contributed by atoms with Crippen molar-refractivity contribution in [2.75, 3.05) is 6.54 Å². The fraction of sp³-hybridized carbons (Fsp3) is 0.296. The van der Waals surface area contributed by atoms with Gasteiger partial charge >= 0.3 is 5.97 Å². The molecule has 0 fully saturated rings. The van der Waals surface area contributed by atoms with Gasteiger partial charge in [0.25, 0.3) is 0 Å². The van der Waals surface area contributed by atoms with Gasteiger partial charge in [0.1, 0.15) is 18.7 Å². The monoisotopic (exact) mass is 441 g/mol. The zero-order valence-corrected chi connectivity index (χ0v) is 18.7. The quantitative estimate of drug-likeness (QED) is 0.528. The summed E-state index contributed by atoms with van der Waals surface area (Å²) in [6.45, 7) is 4.92. The highest BCUT2D eigenvalue weighted by Crippen LogP contribution is 2.23. The Balaban J connectivity index is 1.34. The molecule has 168 valence electrons. The summed E-state index contributed by atoms with van der Waals surface area (Å²) >= 11 is 0. The maximum absolute atomic E-state index is 11.1. The molecule has 2 aromatic carbocycles. The molecule has 1 aliphatic heterocycles. The molecule has 4 rings (SSSR count). The highest BCUT2D eigenvalue weighted by molar-refractivity contribution is 5.69. The Morgan fingerprint density at radius 2 is 2.03 bits per heavy atom. The SMILES string of the molecule is CC#CC(CC(=O)O)c1ccc(OCc2cccc(CN3CCc4ncncc4C3)c2)cc1. The second kappa shape index (κ2) is 10.8. The lowest BCUT2D eigenvalue weighted by Crippen LogP contribution is -2.30. The van der Waals surface area contributed by atoms with Crippen molar-refractivity contribution in [3.05, 3.63) is 89.0 Å². The Morgan fingerprint density at radius 1 is 1.21 bits per heavy atom. The van der Waals surface area contributed by atoms with Gasteiger partial charge < -0.3 is 9.84 Å². The van der Waals surface area contributed by atoms with Crippen molar-refractivity contribution in [3.63, 3.8) is 0 Å². The third kappa shape index (κ3) is 6.18. The summed E-state index contributed by atoms with van der Waals surface area (Å²) in [4.78, 5) is 22.0. The molecule has 6 nitrogen and oxygen atoms in total. The van der Waals surface area contributed by atoms with E-state index >= 15 is 0 Å².